The molecule has 0 bridgehead atoms. The third kappa shape index (κ3) is 12.5. The molecule has 0 saturated heterocycles. The van der Waals surface area contributed by atoms with Crippen LogP contribution in [0.15, 0.2) is 0 Å². The normalized spacial score (nSPS) is 12.7. The molecule has 0 aliphatic rings. The van der Waals surface area contributed by atoms with Crippen molar-refractivity contribution in [1.29, 1.82) is 0 Å². The van der Waals surface area contributed by atoms with Crippen LogP contribution in [-0.4, -0.2) is 109 Å². The molecule has 0 aliphatic heterocycles. The van der Waals surface area contributed by atoms with E-state index in [4.69, 9.17) is 0 Å². The molecule has 20 heteroatoms. The first-order chi connectivity index (χ1) is 21.2. The molecule has 3 unspecified atom stereocenters. The molecule has 0 radical (unpaired) electrons. The number of nitrogens with zero attached hydrogens (tertiary/aromatic N) is 3. The third-order valence-electron chi connectivity index (χ3n) is 6.08. The maximum Gasteiger partial charge on any atom is 0.337 e. The highest BCUT2D eigenvalue weighted by Crippen LogP contribution is 2.36. The van der Waals surface area contributed by atoms with Crippen molar-refractivity contribution in [2.45, 2.75) is 49.1 Å². The van der Waals surface area contributed by atoms with Gasteiger partial charge in [0.25, 0.3) is 17.7 Å². The SMILES string of the molecule is CC(=O)N(CCN(CCN(NC(=O)C(C)Br)C(C)=O)C(=O)c1c(I)c(NCC(=O)C(C)Br)c(I)c(C(=O)O)c1I)NC(=O)C(C)Br. The van der Waals surface area contributed by atoms with Crippen molar-refractivity contribution >= 4 is 163 Å². The lowest BCUT2D eigenvalue weighted by atomic mass is 10.1. The van der Waals surface area contributed by atoms with Gasteiger partial charge in [0.2, 0.25) is 11.8 Å². The van der Waals surface area contributed by atoms with Crippen LogP contribution >= 0.6 is 116 Å². The molecule has 0 saturated carbocycles. The highest BCUT2D eigenvalue weighted by Gasteiger charge is 2.31. The van der Waals surface area contributed by atoms with Crippen LogP contribution in [0.2, 0.25) is 0 Å². The first kappa shape index (κ1) is 43.2. The summed E-state index contributed by atoms with van der Waals surface area (Å²) in [4.78, 5) is 88.0. The van der Waals surface area contributed by atoms with E-state index in [1.807, 2.05) is 45.2 Å². The molecule has 0 aliphatic carbocycles. The quantitative estimate of drug-likeness (QED) is 0.123. The number of carbonyl (C=O) groups excluding carboxylic acids is 6. The summed E-state index contributed by atoms with van der Waals surface area (Å²) in [6, 6.07) is 0. The minimum atomic E-state index is -1.29. The number of nitrogens with one attached hydrogen (secondary N) is 3. The predicted molar refractivity (Wildman–Crippen MR) is 207 cm³/mol. The van der Waals surface area contributed by atoms with Gasteiger partial charge >= 0.3 is 5.97 Å². The fourth-order valence-electron chi connectivity index (χ4n) is 3.45. The summed E-state index contributed by atoms with van der Waals surface area (Å²) in [6.07, 6.45) is 0. The lowest BCUT2D eigenvalue weighted by Gasteiger charge is -2.31. The smallest absolute Gasteiger partial charge is 0.337 e. The molecular weight excluding hydrogens is 1140 g/mol. The molecule has 3 atom stereocenters. The minimum Gasteiger partial charge on any atom is -0.478 e. The van der Waals surface area contributed by atoms with E-state index in [-0.39, 0.29) is 58.9 Å². The number of carboxylic acids is 1. The van der Waals surface area contributed by atoms with Gasteiger partial charge in [-0.05, 0) is 88.5 Å². The van der Waals surface area contributed by atoms with Crippen LogP contribution in [0.1, 0.15) is 55.3 Å². The molecule has 0 heterocycles. The number of carbonyl (C=O) groups is 7. The zero-order chi connectivity index (χ0) is 35.6. The fourth-order valence-corrected chi connectivity index (χ4v) is 8.29. The van der Waals surface area contributed by atoms with Crippen LogP contribution in [0.3, 0.4) is 0 Å². The summed E-state index contributed by atoms with van der Waals surface area (Å²) in [6.45, 7) is 6.47. The Morgan fingerprint density at radius 2 is 1.11 bits per heavy atom. The van der Waals surface area contributed by atoms with E-state index in [1.165, 1.54) is 18.7 Å². The van der Waals surface area contributed by atoms with Gasteiger partial charge in [-0.3, -0.25) is 49.6 Å². The van der Waals surface area contributed by atoms with Crippen LogP contribution in [0, 0.1) is 10.7 Å². The van der Waals surface area contributed by atoms with Crippen LogP contribution < -0.4 is 16.2 Å². The zero-order valence-corrected chi connectivity index (χ0v) is 36.4. The van der Waals surface area contributed by atoms with Crippen LogP contribution in [0.4, 0.5) is 5.69 Å². The Morgan fingerprint density at radius 1 is 0.696 bits per heavy atom. The van der Waals surface area contributed by atoms with Gasteiger partial charge in [0.05, 0.1) is 58.1 Å². The van der Waals surface area contributed by atoms with E-state index in [2.05, 4.69) is 64.0 Å². The Hall–Kier alpha value is -0.860. The molecule has 14 nitrogen and oxygen atoms in total. The number of benzene rings is 1. The Kier molecular flexibility index (Phi) is 18.7. The number of Topliss-reactive ketones (excluding diaryl/α,β-unsaturated/α-hetero) is 1. The molecular formula is C26H32Br3I3N6O8. The number of amides is 5. The van der Waals surface area contributed by atoms with E-state index in [0.29, 0.717) is 7.14 Å². The maximum absolute atomic E-state index is 14.3. The summed E-state index contributed by atoms with van der Waals surface area (Å²) < 4.78 is 0.770. The first-order valence-electron chi connectivity index (χ1n) is 13.3. The van der Waals surface area contributed by atoms with Crippen LogP contribution in [0.5, 0.6) is 0 Å². The van der Waals surface area contributed by atoms with Crippen LogP contribution in [0.25, 0.3) is 0 Å². The minimum absolute atomic E-state index is 0.0147. The number of hydrogen-bond acceptors (Lipinski definition) is 8. The monoisotopic (exact) mass is 1170 g/mol. The van der Waals surface area contributed by atoms with Gasteiger partial charge < -0.3 is 15.3 Å². The van der Waals surface area contributed by atoms with Gasteiger partial charge in [-0.15, -0.1) is 0 Å². The third-order valence-corrected chi connectivity index (χ3v) is 10.7. The van der Waals surface area contributed by atoms with Crippen molar-refractivity contribution in [2.24, 2.45) is 0 Å². The van der Waals surface area contributed by atoms with Gasteiger partial charge in [-0.2, -0.15) is 0 Å². The average Bonchev–Trinajstić information content (AvgIpc) is 2.94. The van der Waals surface area contributed by atoms with E-state index in [9.17, 15) is 38.7 Å². The largest absolute Gasteiger partial charge is 0.478 e. The van der Waals surface area contributed by atoms with Gasteiger partial charge in [0, 0.05) is 30.5 Å². The van der Waals surface area contributed by atoms with Crippen molar-refractivity contribution in [3.8, 4) is 0 Å². The van der Waals surface area contributed by atoms with Crippen molar-refractivity contribution in [1.82, 2.24) is 25.8 Å². The Bertz CT molecular complexity index is 1340. The van der Waals surface area contributed by atoms with Crippen molar-refractivity contribution < 1.29 is 38.7 Å². The molecule has 1 rings (SSSR count). The number of anilines is 1. The number of aromatic carboxylic acids is 1. The van der Waals surface area contributed by atoms with E-state index < -0.39 is 50.0 Å². The van der Waals surface area contributed by atoms with Gasteiger partial charge in [0.1, 0.15) is 0 Å². The van der Waals surface area contributed by atoms with E-state index >= 15 is 0 Å². The van der Waals surface area contributed by atoms with E-state index in [1.54, 1.807) is 43.4 Å². The number of hydrogen-bond donors (Lipinski definition) is 4. The number of hydrazine groups is 2. The predicted octanol–water partition coefficient (Wildman–Crippen LogP) is 3.73. The van der Waals surface area contributed by atoms with Crippen molar-refractivity contribution in [2.75, 3.05) is 38.0 Å². The summed E-state index contributed by atoms with van der Waals surface area (Å²) in [5.74, 6) is -4.18. The molecule has 1 aromatic rings. The maximum atomic E-state index is 14.3. The Labute approximate surface area is 332 Å². The highest BCUT2D eigenvalue weighted by atomic mass is 127. The van der Waals surface area contributed by atoms with Crippen molar-refractivity contribution in [3.63, 3.8) is 0 Å². The van der Waals surface area contributed by atoms with Gasteiger partial charge in [0.15, 0.2) is 5.78 Å². The molecule has 1 aromatic carbocycles. The second-order valence-corrected chi connectivity index (χ2v) is 17.0. The fraction of sp³-hybridized carbons (Fsp3) is 0.500. The van der Waals surface area contributed by atoms with Gasteiger partial charge in [-0.1, -0.05) is 47.8 Å². The number of rotatable bonds is 14. The second kappa shape index (κ2) is 20.0. The highest BCUT2D eigenvalue weighted by molar-refractivity contribution is 14.1. The topological polar surface area (TPSA) is 186 Å². The standard InChI is InChI=1S/C26H32Br3I3N6O8/c1-11(27)16(41)10-33-22-20(31)17(19(30)18(21(22)32)26(45)46)25(44)36(6-8-37(14(4)39)34-23(42)12(2)28)7-9-38(15(5)40)35-24(43)13(3)29/h11-13,33H,6-10H2,1-5H3,(H,34,42)(H,35,43)(H,45,46). The molecule has 0 spiro atoms. The summed E-state index contributed by atoms with van der Waals surface area (Å²) in [5.41, 5.74) is 5.09. The Morgan fingerprint density at radius 3 is 1.46 bits per heavy atom. The number of halogens is 6. The molecule has 0 fully saturated rings. The lowest BCUT2D eigenvalue weighted by molar-refractivity contribution is -0.140. The number of carboxylic acid groups (broad SMARTS) is 1. The average molecular weight is 1180 g/mol. The molecule has 4 N–H and O–H groups in total. The zero-order valence-electron chi connectivity index (χ0n) is 25.2. The van der Waals surface area contributed by atoms with Crippen molar-refractivity contribution in [3.05, 3.63) is 21.8 Å². The number of ketones is 1. The molecule has 0 aromatic heterocycles. The summed E-state index contributed by atoms with van der Waals surface area (Å²) >= 11 is 15.0. The van der Waals surface area contributed by atoms with Gasteiger partial charge in [-0.25, -0.2) is 4.79 Å². The number of alkyl halides is 3. The van der Waals surface area contributed by atoms with Crippen LogP contribution in [-0.2, 0) is 24.0 Å². The molecule has 5 amide bonds. The first-order valence-corrected chi connectivity index (χ1v) is 19.3. The van der Waals surface area contributed by atoms with E-state index in [0.717, 1.165) is 10.0 Å². The summed E-state index contributed by atoms with van der Waals surface area (Å²) in [5, 5.41) is 15.1. The lowest BCUT2D eigenvalue weighted by Crippen LogP contribution is -2.53. The molecule has 46 heavy (non-hydrogen) atoms. The molecule has 256 valence electrons. The second-order valence-electron chi connectivity index (χ2n) is 9.63. The summed E-state index contributed by atoms with van der Waals surface area (Å²) in [7, 11) is 0. The Balaban J connectivity index is 3.70.